The van der Waals surface area contributed by atoms with Gasteiger partial charge in [0, 0.05) is 6.42 Å². The second-order valence-electron chi connectivity index (χ2n) is 4.50. The summed E-state index contributed by atoms with van der Waals surface area (Å²) in [6, 6.07) is 0. The Labute approximate surface area is 125 Å². The molecule has 21 heavy (non-hydrogen) atoms. The second-order valence-corrected chi connectivity index (χ2v) is 4.50. The van der Waals surface area contributed by atoms with Crippen LogP contribution in [0.5, 0.6) is 0 Å². The van der Waals surface area contributed by atoms with E-state index in [0.717, 1.165) is 39.2 Å². The fourth-order valence-corrected chi connectivity index (χ4v) is 1.58. The number of ether oxygens (including phenoxy) is 2. The number of carbonyl (C=O) groups is 3. The van der Waals surface area contributed by atoms with Gasteiger partial charge in [-0.2, -0.15) is 0 Å². The molecule has 0 fully saturated rings. The Morgan fingerprint density at radius 2 is 1.86 bits per heavy atom. The monoisotopic (exact) mass is 297 g/mol. The van der Waals surface area contributed by atoms with Gasteiger partial charge in [-0.05, 0) is 6.42 Å². The molecule has 0 saturated carbocycles. The van der Waals surface area contributed by atoms with Gasteiger partial charge in [0.2, 0.25) is 5.91 Å². The normalized spacial score (nSPS) is 11.1. The first-order valence-electron chi connectivity index (χ1n) is 7.05. The van der Waals surface area contributed by atoms with E-state index in [0.29, 0.717) is 6.42 Å². The summed E-state index contributed by atoms with van der Waals surface area (Å²) in [5.74, 6) is 0.170. The van der Waals surface area contributed by atoms with Gasteiger partial charge in [-0.3, -0.25) is 9.59 Å². The molecule has 0 aliphatic heterocycles. The van der Waals surface area contributed by atoms with E-state index in [1.807, 2.05) is 5.92 Å². The smallest absolute Gasteiger partial charge is 0.360 e. The van der Waals surface area contributed by atoms with Crippen molar-refractivity contribution < 1.29 is 23.9 Å². The highest BCUT2D eigenvalue weighted by atomic mass is 16.6. The zero-order chi connectivity index (χ0) is 16.1. The van der Waals surface area contributed by atoms with Crippen LogP contribution in [0.2, 0.25) is 0 Å². The third kappa shape index (κ3) is 9.50. The standard InChI is InChI=1S/C15H23NO5/c1-4-6-7-8-9-10-13(17)16-11-14(18)21-12(5-2)15(19)20-3/h2,12H,4,6-11H2,1,3H3,(H,16,17)/t12-/m0/s1. The molecule has 0 aromatic heterocycles. The van der Waals surface area contributed by atoms with Crippen molar-refractivity contribution in [3.05, 3.63) is 0 Å². The quantitative estimate of drug-likeness (QED) is 0.372. The lowest BCUT2D eigenvalue weighted by molar-refractivity contribution is -0.161. The SMILES string of the molecule is C#C[C@H](OC(=O)CNC(=O)CCCCCCC)C(=O)OC. The van der Waals surface area contributed by atoms with E-state index in [-0.39, 0.29) is 12.5 Å². The van der Waals surface area contributed by atoms with Gasteiger partial charge < -0.3 is 14.8 Å². The fraction of sp³-hybridized carbons (Fsp3) is 0.667. The topological polar surface area (TPSA) is 81.7 Å². The summed E-state index contributed by atoms with van der Waals surface area (Å²) in [4.78, 5) is 34.0. The van der Waals surface area contributed by atoms with Crippen LogP contribution in [0.1, 0.15) is 45.4 Å². The maximum Gasteiger partial charge on any atom is 0.360 e. The molecule has 0 aromatic carbocycles. The van der Waals surface area contributed by atoms with Gasteiger partial charge in [0.15, 0.2) is 0 Å². The maximum atomic E-state index is 11.5. The lowest BCUT2D eigenvalue weighted by atomic mass is 10.1. The van der Waals surface area contributed by atoms with Crippen molar-refractivity contribution in [1.29, 1.82) is 0 Å². The minimum absolute atomic E-state index is 0.223. The van der Waals surface area contributed by atoms with Gasteiger partial charge >= 0.3 is 11.9 Å². The molecule has 0 aromatic rings. The number of terminal acetylenes is 1. The van der Waals surface area contributed by atoms with Crippen molar-refractivity contribution in [1.82, 2.24) is 5.32 Å². The molecule has 0 aliphatic rings. The zero-order valence-electron chi connectivity index (χ0n) is 12.6. The van der Waals surface area contributed by atoms with Crippen LogP contribution < -0.4 is 5.32 Å². The molecule has 6 heteroatoms. The highest BCUT2D eigenvalue weighted by molar-refractivity contribution is 5.85. The van der Waals surface area contributed by atoms with Crippen LogP contribution in [0.4, 0.5) is 0 Å². The summed E-state index contributed by atoms with van der Waals surface area (Å²) >= 11 is 0. The molecule has 0 saturated heterocycles. The Balaban J connectivity index is 3.84. The van der Waals surface area contributed by atoms with Crippen molar-refractivity contribution in [3.63, 3.8) is 0 Å². The molecule has 0 radical (unpaired) electrons. The predicted octanol–water partition coefficient (Wildman–Crippen LogP) is 1.18. The molecule has 0 bridgehead atoms. The predicted molar refractivity (Wildman–Crippen MR) is 77.1 cm³/mol. The van der Waals surface area contributed by atoms with Gasteiger partial charge in [-0.1, -0.05) is 38.5 Å². The van der Waals surface area contributed by atoms with E-state index in [4.69, 9.17) is 11.2 Å². The van der Waals surface area contributed by atoms with E-state index in [9.17, 15) is 14.4 Å². The number of nitrogens with one attached hydrogen (secondary N) is 1. The van der Waals surface area contributed by atoms with Crippen LogP contribution in [0.3, 0.4) is 0 Å². The van der Waals surface area contributed by atoms with Crippen LogP contribution in [0.15, 0.2) is 0 Å². The summed E-state index contributed by atoms with van der Waals surface area (Å²) in [6.45, 7) is 1.80. The third-order valence-corrected chi connectivity index (χ3v) is 2.75. The molecule has 0 spiro atoms. The van der Waals surface area contributed by atoms with Crippen LogP contribution >= 0.6 is 0 Å². The number of carbonyl (C=O) groups excluding carboxylic acids is 3. The molecular formula is C15H23NO5. The minimum atomic E-state index is -1.38. The number of hydrogen-bond acceptors (Lipinski definition) is 5. The highest BCUT2D eigenvalue weighted by Crippen LogP contribution is 2.04. The first-order chi connectivity index (χ1) is 10.0. The Morgan fingerprint density at radius 3 is 2.43 bits per heavy atom. The Hall–Kier alpha value is -2.03. The molecule has 1 amide bonds. The first-order valence-corrected chi connectivity index (χ1v) is 7.05. The average molecular weight is 297 g/mol. The highest BCUT2D eigenvalue weighted by Gasteiger charge is 2.21. The van der Waals surface area contributed by atoms with Crippen LogP contribution in [-0.4, -0.2) is 37.6 Å². The van der Waals surface area contributed by atoms with Crippen molar-refractivity contribution >= 4 is 17.8 Å². The van der Waals surface area contributed by atoms with Crippen molar-refractivity contribution in [3.8, 4) is 12.3 Å². The molecule has 0 rings (SSSR count). The number of amides is 1. The summed E-state index contributed by atoms with van der Waals surface area (Å²) in [5.41, 5.74) is 0. The zero-order valence-corrected chi connectivity index (χ0v) is 12.6. The maximum absolute atomic E-state index is 11.5. The second kappa shape index (κ2) is 11.8. The molecule has 0 aliphatic carbocycles. The Bertz CT molecular complexity index is 386. The van der Waals surface area contributed by atoms with E-state index >= 15 is 0 Å². The molecular weight excluding hydrogens is 274 g/mol. The molecule has 1 atom stereocenters. The van der Waals surface area contributed by atoms with Crippen LogP contribution in [0.25, 0.3) is 0 Å². The summed E-state index contributed by atoms with van der Waals surface area (Å²) in [7, 11) is 1.14. The number of esters is 2. The van der Waals surface area contributed by atoms with E-state index in [1.165, 1.54) is 0 Å². The summed E-state index contributed by atoms with van der Waals surface area (Å²) in [6.07, 6.45) is 9.23. The van der Waals surface area contributed by atoms with Gasteiger partial charge in [-0.25, -0.2) is 4.79 Å². The summed E-state index contributed by atoms with van der Waals surface area (Å²) < 4.78 is 9.07. The van der Waals surface area contributed by atoms with Gasteiger partial charge in [0.05, 0.1) is 7.11 Å². The third-order valence-electron chi connectivity index (χ3n) is 2.75. The van der Waals surface area contributed by atoms with Crippen LogP contribution in [-0.2, 0) is 23.9 Å². The lowest BCUT2D eigenvalue weighted by Crippen LogP contribution is -2.34. The van der Waals surface area contributed by atoms with Gasteiger partial charge in [-0.15, -0.1) is 6.42 Å². The Kier molecular flexibility index (Phi) is 10.6. The number of unbranched alkanes of at least 4 members (excludes halogenated alkanes) is 4. The molecule has 6 nitrogen and oxygen atoms in total. The van der Waals surface area contributed by atoms with Gasteiger partial charge in [0.1, 0.15) is 6.54 Å². The molecule has 0 heterocycles. The van der Waals surface area contributed by atoms with Crippen molar-refractivity contribution in [2.45, 2.75) is 51.6 Å². The molecule has 0 unspecified atom stereocenters. The largest absolute Gasteiger partial charge is 0.466 e. The number of hydrogen-bond donors (Lipinski definition) is 1. The minimum Gasteiger partial charge on any atom is -0.466 e. The number of methoxy groups -OCH3 is 1. The van der Waals surface area contributed by atoms with E-state index in [1.54, 1.807) is 0 Å². The van der Waals surface area contributed by atoms with Gasteiger partial charge in [0.25, 0.3) is 6.10 Å². The van der Waals surface area contributed by atoms with Crippen molar-refractivity contribution in [2.24, 2.45) is 0 Å². The van der Waals surface area contributed by atoms with E-state index in [2.05, 4.69) is 17.0 Å². The van der Waals surface area contributed by atoms with Crippen LogP contribution in [0, 0.1) is 12.3 Å². The Morgan fingerprint density at radius 1 is 1.19 bits per heavy atom. The number of rotatable bonds is 10. The van der Waals surface area contributed by atoms with Crippen molar-refractivity contribution in [2.75, 3.05) is 13.7 Å². The first kappa shape index (κ1) is 19.0. The molecule has 1 N–H and O–H groups in total. The fourth-order valence-electron chi connectivity index (χ4n) is 1.58. The lowest BCUT2D eigenvalue weighted by Gasteiger charge is -2.10. The summed E-state index contributed by atoms with van der Waals surface area (Å²) in [5, 5.41) is 2.43. The average Bonchev–Trinajstić information content (AvgIpc) is 2.49. The van der Waals surface area contributed by atoms with E-state index < -0.39 is 18.0 Å². The molecule has 118 valence electrons.